The molecule has 7 heteroatoms. The van der Waals surface area contributed by atoms with Crippen molar-refractivity contribution < 1.29 is 9.21 Å². The molecular formula is C18H27N5O2. The molecule has 1 aliphatic rings. The van der Waals surface area contributed by atoms with Gasteiger partial charge in [-0.05, 0) is 45.0 Å². The number of likely N-dealkylation sites (N-methyl/N-ethyl adjacent to an activating group) is 1. The molecule has 2 amide bonds. The van der Waals surface area contributed by atoms with Crippen LogP contribution in [0.2, 0.25) is 0 Å². The van der Waals surface area contributed by atoms with E-state index in [4.69, 9.17) is 4.42 Å². The predicted octanol–water partition coefficient (Wildman–Crippen LogP) is 3.04. The molecule has 0 spiro atoms. The van der Waals surface area contributed by atoms with Crippen LogP contribution in [0.25, 0.3) is 0 Å². The molecule has 136 valence electrons. The third-order valence-corrected chi connectivity index (χ3v) is 4.65. The van der Waals surface area contributed by atoms with Crippen LogP contribution < -0.4 is 5.32 Å². The Balaban J connectivity index is 1.65. The smallest absolute Gasteiger partial charge is 0.323 e. The summed E-state index contributed by atoms with van der Waals surface area (Å²) in [6.45, 7) is 4.63. The Morgan fingerprint density at radius 3 is 3.00 bits per heavy atom. The van der Waals surface area contributed by atoms with Gasteiger partial charge in [0.2, 0.25) is 0 Å². The van der Waals surface area contributed by atoms with E-state index in [9.17, 15) is 4.79 Å². The highest BCUT2D eigenvalue weighted by Gasteiger charge is 2.33. The highest BCUT2D eigenvalue weighted by atomic mass is 16.3. The molecule has 1 N–H and O–H groups in total. The fraction of sp³-hybridized carbons (Fsp3) is 0.556. The molecule has 2 atom stereocenters. The molecular weight excluding hydrogens is 318 g/mol. The Morgan fingerprint density at radius 1 is 1.44 bits per heavy atom. The number of nitrogens with one attached hydrogen (secondary N) is 1. The van der Waals surface area contributed by atoms with Crippen LogP contribution in [0, 0.1) is 5.92 Å². The van der Waals surface area contributed by atoms with Crippen molar-refractivity contribution in [2.24, 2.45) is 5.92 Å². The first-order chi connectivity index (χ1) is 12.0. The second-order valence-electron chi connectivity index (χ2n) is 7.05. The van der Waals surface area contributed by atoms with E-state index in [1.165, 1.54) is 0 Å². The number of hydrogen-bond acceptors (Lipinski definition) is 4. The largest absolute Gasteiger partial charge is 0.467 e. The third-order valence-electron chi connectivity index (χ3n) is 4.65. The molecule has 0 bridgehead atoms. The number of rotatable bonds is 5. The van der Waals surface area contributed by atoms with Crippen LogP contribution in [0.1, 0.15) is 31.6 Å². The van der Waals surface area contributed by atoms with Gasteiger partial charge in [0.05, 0.1) is 18.8 Å². The Hall–Kier alpha value is -2.28. The van der Waals surface area contributed by atoms with Crippen molar-refractivity contribution in [3.8, 4) is 0 Å². The number of amides is 2. The number of anilines is 1. The lowest BCUT2D eigenvalue weighted by atomic mass is 9.91. The molecule has 0 aromatic carbocycles. The summed E-state index contributed by atoms with van der Waals surface area (Å²) in [5, 5.41) is 7.35. The fourth-order valence-corrected chi connectivity index (χ4v) is 3.17. The molecule has 2 aromatic heterocycles. The SMILES string of the molecule is C[C@@H]1CCN(C(=O)Nc2ccn(CCN(C)C)n2)[C@H](c2ccco2)C1. The maximum Gasteiger partial charge on any atom is 0.323 e. The average molecular weight is 345 g/mol. The number of aromatic nitrogens is 2. The summed E-state index contributed by atoms with van der Waals surface area (Å²) in [4.78, 5) is 16.7. The standard InChI is InChI=1S/C18H27N5O2/c1-14-6-9-23(15(13-14)16-5-4-12-25-16)18(24)19-17-7-8-22(20-17)11-10-21(2)3/h4-5,7-8,12,14-15H,6,9-11,13H2,1-3H3,(H,19,20,24)/t14-,15+/m1/s1. The number of furan rings is 1. The van der Waals surface area contributed by atoms with Gasteiger partial charge in [0.25, 0.3) is 0 Å². The third kappa shape index (κ3) is 4.42. The lowest BCUT2D eigenvalue weighted by Gasteiger charge is -2.37. The minimum Gasteiger partial charge on any atom is -0.467 e. The number of nitrogens with zero attached hydrogens (tertiary/aromatic N) is 4. The maximum atomic E-state index is 12.8. The molecule has 0 aliphatic carbocycles. The van der Waals surface area contributed by atoms with Gasteiger partial charge in [-0.2, -0.15) is 5.10 Å². The van der Waals surface area contributed by atoms with Gasteiger partial charge in [-0.3, -0.25) is 10.00 Å². The van der Waals surface area contributed by atoms with Crippen LogP contribution in [0.5, 0.6) is 0 Å². The van der Waals surface area contributed by atoms with Gasteiger partial charge in [-0.25, -0.2) is 4.79 Å². The Labute approximate surface area is 148 Å². The lowest BCUT2D eigenvalue weighted by Crippen LogP contribution is -2.42. The van der Waals surface area contributed by atoms with Crippen molar-refractivity contribution in [1.29, 1.82) is 0 Å². The van der Waals surface area contributed by atoms with Crippen molar-refractivity contribution in [3.05, 3.63) is 36.4 Å². The number of carbonyl (C=O) groups is 1. The highest BCUT2D eigenvalue weighted by molar-refractivity contribution is 5.88. The van der Waals surface area contributed by atoms with Crippen molar-refractivity contribution in [1.82, 2.24) is 19.6 Å². The molecule has 1 fully saturated rings. The van der Waals surface area contributed by atoms with Crippen LogP contribution in [0.3, 0.4) is 0 Å². The number of urea groups is 1. The average Bonchev–Trinajstić information content (AvgIpc) is 3.24. The minimum atomic E-state index is -0.119. The zero-order valence-corrected chi connectivity index (χ0v) is 15.2. The van der Waals surface area contributed by atoms with E-state index < -0.39 is 0 Å². The summed E-state index contributed by atoms with van der Waals surface area (Å²) < 4.78 is 7.41. The molecule has 3 heterocycles. The summed E-state index contributed by atoms with van der Waals surface area (Å²) in [6.07, 6.45) is 5.47. The first-order valence-electron chi connectivity index (χ1n) is 8.82. The van der Waals surface area contributed by atoms with Gasteiger partial charge < -0.3 is 14.2 Å². The van der Waals surface area contributed by atoms with Crippen LogP contribution >= 0.6 is 0 Å². The van der Waals surface area contributed by atoms with E-state index in [0.29, 0.717) is 11.7 Å². The Kier molecular flexibility index (Phi) is 5.43. The fourth-order valence-electron chi connectivity index (χ4n) is 3.17. The number of likely N-dealkylation sites (tertiary alicyclic amines) is 1. The molecule has 0 saturated carbocycles. The summed E-state index contributed by atoms with van der Waals surface area (Å²) >= 11 is 0. The van der Waals surface area contributed by atoms with Gasteiger partial charge in [-0.1, -0.05) is 6.92 Å². The van der Waals surface area contributed by atoms with E-state index in [0.717, 1.165) is 38.2 Å². The molecule has 0 radical (unpaired) electrons. The van der Waals surface area contributed by atoms with Gasteiger partial charge in [0.15, 0.2) is 5.82 Å². The first-order valence-corrected chi connectivity index (χ1v) is 8.82. The highest BCUT2D eigenvalue weighted by Crippen LogP contribution is 2.34. The zero-order chi connectivity index (χ0) is 17.8. The minimum absolute atomic E-state index is 0.0189. The normalized spacial score (nSPS) is 20.9. The first kappa shape index (κ1) is 17.5. The summed E-state index contributed by atoms with van der Waals surface area (Å²) in [7, 11) is 4.05. The van der Waals surface area contributed by atoms with Gasteiger partial charge in [0.1, 0.15) is 5.76 Å². The van der Waals surface area contributed by atoms with Crippen LogP contribution in [-0.2, 0) is 6.54 Å². The number of carbonyl (C=O) groups excluding carboxylic acids is 1. The molecule has 1 saturated heterocycles. The van der Waals surface area contributed by atoms with E-state index in [1.54, 1.807) is 6.26 Å². The molecule has 3 rings (SSSR count). The number of piperidine rings is 1. The van der Waals surface area contributed by atoms with E-state index >= 15 is 0 Å². The maximum absolute atomic E-state index is 12.8. The van der Waals surface area contributed by atoms with Crippen molar-refractivity contribution in [3.63, 3.8) is 0 Å². The molecule has 2 aromatic rings. The molecule has 0 unspecified atom stereocenters. The zero-order valence-electron chi connectivity index (χ0n) is 15.2. The van der Waals surface area contributed by atoms with Gasteiger partial charge in [0, 0.05) is 25.4 Å². The van der Waals surface area contributed by atoms with Crippen LogP contribution in [0.4, 0.5) is 10.6 Å². The second kappa shape index (κ2) is 7.74. The summed E-state index contributed by atoms with van der Waals surface area (Å²) in [5.41, 5.74) is 0. The van der Waals surface area contributed by atoms with Gasteiger partial charge >= 0.3 is 6.03 Å². The Morgan fingerprint density at radius 2 is 2.28 bits per heavy atom. The lowest BCUT2D eigenvalue weighted by molar-refractivity contribution is 0.129. The molecule has 1 aliphatic heterocycles. The Bertz CT molecular complexity index is 679. The van der Waals surface area contributed by atoms with Crippen LogP contribution in [0.15, 0.2) is 35.1 Å². The monoisotopic (exact) mass is 345 g/mol. The van der Waals surface area contributed by atoms with Crippen LogP contribution in [-0.4, -0.2) is 52.8 Å². The predicted molar refractivity (Wildman–Crippen MR) is 96.4 cm³/mol. The van der Waals surface area contributed by atoms with E-state index in [1.807, 2.05) is 48.1 Å². The topological polar surface area (TPSA) is 66.5 Å². The summed E-state index contributed by atoms with van der Waals surface area (Å²) in [5.74, 6) is 2.00. The molecule has 25 heavy (non-hydrogen) atoms. The van der Waals surface area contributed by atoms with Gasteiger partial charge in [-0.15, -0.1) is 0 Å². The van der Waals surface area contributed by atoms with Crippen molar-refractivity contribution in [2.75, 3.05) is 32.5 Å². The number of hydrogen-bond donors (Lipinski definition) is 1. The molecule has 7 nitrogen and oxygen atoms in total. The summed E-state index contributed by atoms with van der Waals surface area (Å²) in [6, 6.07) is 5.51. The van der Waals surface area contributed by atoms with Crippen molar-refractivity contribution >= 4 is 11.8 Å². The van der Waals surface area contributed by atoms with E-state index in [2.05, 4.69) is 22.2 Å². The van der Waals surface area contributed by atoms with Crippen molar-refractivity contribution in [2.45, 2.75) is 32.4 Å². The van der Waals surface area contributed by atoms with E-state index in [-0.39, 0.29) is 12.1 Å². The second-order valence-corrected chi connectivity index (χ2v) is 7.05. The quantitative estimate of drug-likeness (QED) is 0.904.